The fourth-order valence-corrected chi connectivity index (χ4v) is 2.67. The first-order valence-electron chi connectivity index (χ1n) is 7.12. The summed E-state index contributed by atoms with van der Waals surface area (Å²) in [5.74, 6) is 1.94. The summed E-state index contributed by atoms with van der Waals surface area (Å²) in [4.78, 5) is 4.49. The van der Waals surface area contributed by atoms with Crippen molar-refractivity contribution in [2.24, 2.45) is 0 Å². The van der Waals surface area contributed by atoms with Crippen LogP contribution in [-0.2, 0) is 13.0 Å². The number of halogens is 1. The molecule has 2 aromatic carbocycles. The number of rotatable bonds is 5. The molecular formula is C18H17BrN2O. The van der Waals surface area contributed by atoms with Crippen molar-refractivity contribution in [3.8, 4) is 5.75 Å². The maximum Gasteiger partial charge on any atom is 0.119 e. The number of ether oxygens (including phenoxy) is 1. The molecule has 0 saturated heterocycles. The summed E-state index contributed by atoms with van der Waals surface area (Å²) < 4.78 is 8.55. The van der Waals surface area contributed by atoms with Gasteiger partial charge in [-0.2, -0.15) is 0 Å². The minimum absolute atomic E-state index is 0.795. The first-order chi connectivity index (χ1) is 10.7. The predicted octanol–water partition coefficient (Wildman–Crippen LogP) is 4.29. The van der Waals surface area contributed by atoms with Crippen molar-refractivity contribution in [2.45, 2.75) is 13.0 Å². The van der Waals surface area contributed by atoms with E-state index in [1.807, 2.05) is 24.5 Å². The average Bonchev–Trinajstić information content (AvgIpc) is 2.97. The monoisotopic (exact) mass is 356 g/mol. The van der Waals surface area contributed by atoms with E-state index in [1.165, 1.54) is 11.1 Å². The Morgan fingerprint density at radius 1 is 1.09 bits per heavy atom. The van der Waals surface area contributed by atoms with Crippen LogP contribution in [0.1, 0.15) is 17.0 Å². The molecule has 0 aliphatic rings. The topological polar surface area (TPSA) is 27.1 Å². The van der Waals surface area contributed by atoms with E-state index in [-0.39, 0.29) is 0 Å². The summed E-state index contributed by atoms with van der Waals surface area (Å²) in [6.07, 6.45) is 4.70. The van der Waals surface area contributed by atoms with Crippen LogP contribution in [0.25, 0.3) is 0 Å². The molecular weight excluding hydrogens is 340 g/mol. The smallest absolute Gasteiger partial charge is 0.119 e. The molecule has 3 rings (SSSR count). The molecule has 1 aromatic heterocycles. The molecule has 0 N–H and O–H groups in total. The summed E-state index contributed by atoms with van der Waals surface area (Å²) in [7, 11) is 1.69. The number of hydrogen-bond donors (Lipinski definition) is 0. The van der Waals surface area contributed by atoms with Crippen molar-refractivity contribution < 1.29 is 4.74 Å². The van der Waals surface area contributed by atoms with Crippen molar-refractivity contribution >= 4 is 15.9 Å². The highest BCUT2D eigenvalue weighted by molar-refractivity contribution is 9.10. The summed E-state index contributed by atoms with van der Waals surface area (Å²) >= 11 is 3.46. The largest absolute Gasteiger partial charge is 0.497 e. The second-order valence-corrected chi connectivity index (χ2v) is 6.04. The van der Waals surface area contributed by atoms with Crippen LogP contribution in [0, 0.1) is 0 Å². The maximum atomic E-state index is 5.28. The minimum Gasteiger partial charge on any atom is -0.497 e. The molecule has 22 heavy (non-hydrogen) atoms. The van der Waals surface area contributed by atoms with Crippen molar-refractivity contribution in [2.75, 3.05) is 7.11 Å². The van der Waals surface area contributed by atoms with Crippen molar-refractivity contribution in [1.29, 1.82) is 0 Å². The molecule has 4 heteroatoms. The molecule has 0 atom stereocenters. The van der Waals surface area contributed by atoms with Gasteiger partial charge in [-0.15, -0.1) is 0 Å². The Balaban J connectivity index is 1.78. The summed E-state index contributed by atoms with van der Waals surface area (Å²) in [6.45, 7) is 0.795. The van der Waals surface area contributed by atoms with Gasteiger partial charge in [0.25, 0.3) is 0 Å². The Hall–Kier alpha value is -2.07. The first-order valence-corrected chi connectivity index (χ1v) is 7.91. The van der Waals surface area contributed by atoms with Crippen LogP contribution in [-0.4, -0.2) is 16.7 Å². The second kappa shape index (κ2) is 6.79. The summed E-state index contributed by atoms with van der Waals surface area (Å²) in [5.41, 5.74) is 2.45. The van der Waals surface area contributed by atoms with E-state index in [4.69, 9.17) is 4.74 Å². The number of methoxy groups -OCH3 is 1. The lowest BCUT2D eigenvalue weighted by molar-refractivity contribution is 0.414. The fourth-order valence-electron chi connectivity index (χ4n) is 2.40. The third-order valence-corrected chi connectivity index (χ3v) is 4.09. The zero-order chi connectivity index (χ0) is 15.4. The van der Waals surface area contributed by atoms with Crippen LogP contribution in [0.15, 0.2) is 65.4 Å². The van der Waals surface area contributed by atoms with E-state index in [9.17, 15) is 0 Å². The predicted molar refractivity (Wildman–Crippen MR) is 91.3 cm³/mol. The van der Waals surface area contributed by atoms with Gasteiger partial charge in [0.05, 0.1) is 7.11 Å². The zero-order valence-electron chi connectivity index (χ0n) is 12.4. The highest BCUT2D eigenvalue weighted by atomic mass is 79.9. The van der Waals surface area contributed by atoms with Gasteiger partial charge in [-0.25, -0.2) is 4.98 Å². The Bertz CT molecular complexity index is 750. The van der Waals surface area contributed by atoms with Crippen molar-refractivity contribution in [1.82, 2.24) is 9.55 Å². The van der Waals surface area contributed by atoms with Crippen LogP contribution in [0.5, 0.6) is 5.75 Å². The van der Waals surface area contributed by atoms with Gasteiger partial charge in [0.15, 0.2) is 0 Å². The lowest BCUT2D eigenvalue weighted by Crippen LogP contribution is -2.05. The number of imidazole rings is 1. The molecule has 0 aliphatic heterocycles. The molecule has 112 valence electrons. The van der Waals surface area contributed by atoms with E-state index < -0.39 is 0 Å². The third kappa shape index (κ3) is 3.57. The van der Waals surface area contributed by atoms with Crippen LogP contribution >= 0.6 is 15.9 Å². The number of nitrogens with zero attached hydrogens (tertiary/aromatic N) is 2. The first kappa shape index (κ1) is 14.9. The molecule has 0 saturated carbocycles. The quantitative estimate of drug-likeness (QED) is 0.681. The Morgan fingerprint density at radius 2 is 1.91 bits per heavy atom. The minimum atomic E-state index is 0.795. The van der Waals surface area contributed by atoms with E-state index in [0.29, 0.717) is 0 Å². The molecule has 1 heterocycles. The maximum absolute atomic E-state index is 5.28. The molecule has 0 amide bonds. The molecule has 3 aromatic rings. The highest BCUT2D eigenvalue weighted by Crippen LogP contribution is 2.16. The van der Waals surface area contributed by atoms with Gasteiger partial charge in [-0.05, 0) is 35.4 Å². The lowest BCUT2D eigenvalue weighted by atomic mass is 10.1. The molecule has 0 radical (unpaired) electrons. The fraction of sp³-hybridized carbons (Fsp3) is 0.167. The number of benzene rings is 2. The Morgan fingerprint density at radius 3 is 2.68 bits per heavy atom. The van der Waals surface area contributed by atoms with E-state index >= 15 is 0 Å². The number of aromatic nitrogens is 2. The molecule has 3 nitrogen and oxygen atoms in total. The Labute approximate surface area is 138 Å². The normalized spacial score (nSPS) is 10.6. The van der Waals surface area contributed by atoms with Crippen LogP contribution in [0.3, 0.4) is 0 Å². The van der Waals surface area contributed by atoms with E-state index in [2.05, 4.69) is 61.9 Å². The molecule has 0 aliphatic carbocycles. The SMILES string of the molecule is COc1cccc(Cn2ccnc2Cc2ccc(Br)cc2)c1. The van der Waals surface area contributed by atoms with Gasteiger partial charge < -0.3 is 9.30 Å². The Kier molecular flexibility index (Phi) is 4.59. The molecule has 0 bridgehead atoms. The summed E-state index contributed by atoms with van der Waals surface area (Å²) in [6, 6.07) is 16.5. The van der Waals surface area contributed by atoms with Gasteiger partial charge in [-0.3, -0.25) is 0 Å². The van der Waals surface area contributed by atoms with E-state index in [0.717, 1.165) is 29.0 Å². The van der Waals surface area contributed by atoms with Gasteiger partial charge in [0.1, 0.15) is 11.6 Å². The zero-order valence-corrected chi connectivity index (χ0v) is 14.0. The van der Waals surface area contributed by atoms with Crippen molar-refractivity contribution in [3.05, 3.63) is 82.3 Å². The van der Waals surface area contributed by atoms with Gasteiger partial charge >= 0.3 is 0 Å². The van der Waals surface area contributed by atoms with Gasteiger partial charge in [0, 0.05) is 29.8 Å². The third-order valence-electron chi connectivity index (χ3n) is 3.56. The van der Waals surface area contributed by atoms with E-state index in [1.54, 1.807) is 7.11 Å². The highest BCUT2D eigenvalue weighted by Gasteiger charge is 2.06. The van der Waals surface area contributed by atoms with Gasteiger partial charge in [-0.1, -0.05) is 40.2 Å². The number of hydrogen-bond acceptors (Lipinski definition) is 2. The van der Waals surface area contributed by atoms with Gasteiger partial charge in [0.2, 0.25) is 0 Å². The molecule has 0 spiro atoms. The van der Waals surface area contributed by atoms with Crippen LogP contribution in [0.4, 0.5) is 0 Å². The second-order valence-electron chi connectivity index (χ2n) is 5.13. The average molecular weight is 357 g/mol. The van der Waals surface area contributed by atoms with Crippen LogP contribution < -0.4 is 4.74 Å². The summed E-state index contributed by atoms with van der Waals surface area (Å²) in [5, 5.41) is 0. The lowest BCUT2D eigenvalue weighted by Gasteiger charge is -2.09. The molecule has 0 fully saturated rings. The van der Waals surface area contributed by atoms with Crippen LogP contribution in [0.2, 0.25) is 0 Å². The van der Waals surface area contributed by atoms with Crippen molar-refractivity contribution in [3.63, 3.8) is 0 Å². The standard InChI is InChI=1S/C18H17BrN2O/c1-22-17-4-2-3-15(11-17)13-21-10-9-20-18(21)12-14-5-7-16(19)8-6-14/h2-11H,12-13H2,1H3. The molecule has 0 unspecified atom stereocenters.